The first-order valence-corrected chi connectivity index (χ1v) is 9.98. The molecular formula is C21H28N4O2. The lowest BCUT2D eigenvalue weighted by atomic mass is 9.85. The van der Waals surface area contributed by atoms with Gasteiger partial charge in [0.15, 0.2) is 0 Å². The third-order valence-electron chi connectivity index (χ3n) is 5.49. The van der Waals surface area contributed by atoms with Crippen molar-refractivity contribution in [2.45, 2.75) is 52.4 Å². The second-order valence-corrected chi connectivity index (χ2v) is 7.48. The van der Waals surface area contributed by atoms with Gasteiger partial charge in [0.25, 0.3) is 0 Å². The number of fused-ring (bicyclic) bond motifs is 1. The summed E-state index contributed by atoms with van der Waals surface area (Å²) in [6.45, 7) is 6.91. The predicted molar refractivity (Wildman–Crippen MR) is 103 cm³/mol. The fourth-order valence-electron chi connectivity index (χ4n) is 3.71. The van der Waals surface area contributed by atoms with Crippen LogP contribution in [0.2, 0.25) is 0 Å². The zero-order valence-corrected chi connectivity index (χ0v) is 16.0. The molecule has 0 atom stereocenters. The fourth-order valence-corrected chi connectivity index (χ4v) is 3.71. The highest BCUT2D eigenvalue weighted by Crippen LogP contribution is 2.26. The Labute approximate surface area is 160 Å². The molecule has 2 heterocycles. The van der Waals surface area contributed by atoms with E-state index in [-0.39, 0.29) is 11.8 Å². The van der Waals surface area contributed by atoms with Gasteiger partial charge in [0.05, 0.1) is 31.1 Å². The summed E-state index contributed by atoms with van der Waals surface area (Å²) in [5.41, 5.74) is 3.47. The maximum absolute atomic E-state index is 12.0. The van der Waals surface area contributed by atoms with E-state index < -0.39 is 0 Å². The van der Waals surface area contributed by atoms with Crippen LogP contribution in [0.1, 0.15) is 43.1 Å². The summed E-state index contributed by atoms with van der Waals surface area (Å²) in [5, 5.41) is 7.69. The summed E-state index contributed by atoms with van der Waals surface area (Å²) < 4.78 is 7.59. The molecule has 1 amide bonds. The molecule has 6 nitrogen and oxygen atoms in total. The molecule has 27 heavy (non-hydrogen) atoms. The highest BCUT2D eigenvalue weighted by Gasteiger charge is 2.25. The van der Waals surface area contributed by atoms with E-state index in [9.17, 15) is 4.79 Å². The number of ether oxygens (including phenoxy) is 1. The number of nitrogens with zero attached hydrogens (tertiary/aromatic N) is 3. The maximum atomic E-state index is 12.0. The first kappa shape index (κ1) is 18.0. The van der Waals surface area contributed by atoms with Crippen LogP contribution in [0.3, 0.4) is 0 Å². The molecule has 0 spiro atoms. The summed E-state index contributed by atoms with van der Waals surface area (Å²) in [6.07, 6.45) is 3.25. The molecule has 0 unspecified atom stereocenters. The highest BCUT2D eigenvalue weighted by atomic mass is 16.5. The van der Waals surface area contributed by atoms with Crippen molar-refractivity contribution in [1.82, 2.24) is 20.0 Å². The van der Waals surface area contributed by atoms with Crippen molar-refractivity contribution in [3.63, 3.8) is 0 Å². The topological polar surface area (TPSA) is 59.4 Å². The van der Waals surface area contributed by atoms with E-state index >= 15 is 0 Å². The lowest BCUT2D eigenvalue weighted by Gasteiger charge is -2.27. The van der Waals surface area contributed by atoms with Crippen molar-refractivity contribution in [3.8, 4) is 5.75 Å². The minimum atomic E-state index is 0.185. The minimum Gasteiger partial charge on any atom is -0.494 e. The molecule has 1 saturated carbocycles. The predicted octanol–water partition coefficient (Wildman–Crippen LogP) is 2.71. The van der Waals surface area contributed by atoms with Crippen LogP contribution in [0.25, 0.3) is 0 Å². The molecule has 1 aromatic heterocycles. The lowest BCUT2D eigenvalue weighted by molar-refractivity contribution is -0.127. The Morgan fingerprint density at radius 3 is 2.78 bits per heavy atom. The minimum absolute atomic E-state index is 0.185. The SMILES string of the molecule is CCOc1ccc(CN2CCn3nc(CNC(=O)C4CCC4)cc3C2)cc1. The third kappa shape index (κ3) is 4.33. The molecule has 1 fully saturated rings. The summed E-state index contributed by atoms with van der Waals surface area (Å²) in [7, 11) is 0. The maximum Gasteiger partial charge on any atom is 0.223 e. The Morgan fingerprint density at radius 2 is 2.07 bits per heavy atom. The van der Waals surface area contributed by atoms with Crippen molar-refractivity contribution in [2.24, 2.45) is 5.92 Å². The molecule has 1 aliphatic heterocycles. The summed E-state index contributed by atoms with van der Waals surface area (Å²) in [4.78, 5) is 14.4. The standard InChI is InChI=1S/C21H28N4O2/c1-2-27-20-8-6-16(7-9-20)14-24-10-11-25-19(15-24)12-18(23-25)13-22-21(26)17-4-3-5-17/h6-9,12,17H,2-5,10-11,13-15H2,1H3,(H,22,26). The average molecular weight is 368 g/mol. The molecule has 0 saturated heterocycles. The van der Waals surface area contributed by atoms with Gasteiger partial charge in [0.1, 0.15) is 5.75 Å². The largest absolute Gasteiger partial charge is 0.494 e. The quantitative estimate of drug-likeness (QED) is 0.816. The van der Waals surface area contributed by atoms with Gasteiger partial charge in [-0.2, -0.15) is 5.10 Å². The number of carbonyl (C=O) groups excluding carboxylic acids is 1. The van der Waals surface area contributed by atoms with Gasteiger partial charge >= 0.3 is 0 Å². The first-order valence-electron chi connectivity index (χ1n) is 9.98. The fraction of sp³-hybridized carbons (Fsp3) is 0.524. The first-order chi connectivity index (χ1) is 13.2. The smallest absolute Gasteiger partial charge is 0.223 e. The number of carbonyl (C=O) groups is 1. The number of nitrogens with one attached hydrogen (secondary N) is 1. The van der Waals surface area contributed by atoms with Crippen LogP contribution in [0.4, 0.5) is 0 Å². The van der Waals surface area contributed by atoms with Gasteiger partial charge in [-0.05, 0) is 43.5 Å². The number of amides is 1. The number of rotatable bonds is 7. The van der Waals surface area contributed by atoms with Gasteiger partial charge in [-0.15, -0.1) is 0 Å². The van der Waals surface area contributed by atoms with Crippen molar-refractivity contribution in [3.05, 3.63) is 47.3 Å². The molecule has 0 radical (unpaired) electrons. The van der Waals surface area contributed by atoms with Crippen molar-refractivity contribution >= 4 is 5.91 Å². The number of hydrogen-bond donors (Lipinski definition) is 1. The van der Waals surface area contributed by atoms with Gasteiger partial charge in [0.2, 0.25) is 5.91 Å². The number of aromatic nitrogens is 2. The molecule has 2 aromatic rings. The normalized spacial score (nSPS) is 17.2. The lowest BCUT2D eigenvalue weighted by Crippen LogP contribution is -2.34. The van der Waals surface area contributed by atoms with Crippen molar-refractivity contribution in [2.75, 3.05) is 13.2 Å². The molecular weight excluding hydrogens is 340 g/mol. The zero-order valence-electron chi connectivity index (χ0n) is 16.0. The summed E-state index contributed by atoms with van der Waals surface area (Å²) >= 11 is 0. The Kier molecular flexibility index (Phi) is 5.43. The van der Waals surface area contributed by atoms with Crippen LogP contribution < -0.4 is 10.1 Å². The van der Waals surface area contributed by atoms with Crippen molar-refractivity contribution < 1.29 is 9.53 Å². The van der Waals surface area contributed by atoms with E-state index in [1.165, 1.54) is 17.7 Å². The zero-order chi connectivity index (χ0) is 18.6. The van der Waals surface area contributed by atoms with Crippen LogP contribution in [0.15, 0.2) is 30.3 Å². The second kappa shape index (κ2) is 8.13. The van der Waals surface area contributed by atoms with Gasteiger partial charge in [-0.25, -0.2) is 0 Å². The van der Waals surface area contributed by atoms with E-state index in [1.54, 1.807) is 0 Å². The van der Waals surface area contributed by atoms with Gasteiger partial charge in [-0.1, -0.05) is 18.6 Å². The van der Waals surface area contributed by atoms with Crippen LogP contribution in [0, 0.1) is 5.92 Å². The van der Waals surface area contributed by atoms with Gasteiger partial charge in [0, 0.05) is 25.6 Å². The summed E-state index contributed by atoms with van der Waals surface area (Å²) in [6, 6.07) is 10.5. The van der Waals surface area contributed by atoms with Crippen LogP contribution in [-0.2, 0) is 31.0 Å². The van der Waals surface area contributed by atoms with Gasteiger partial charge in [-0.3, -0.25) is 14.4 Å². The van der Waals surface area contributed by atoms with E-state index in [0.29, 0.717) is 13.2 Å². The number of hydrogen-bond acceptors (Lipinski definition) is 4. The number of benzene rings is 1. The van der Waals surface area contributed by atoms with E-state index in [4.69, 9.17) is 4.74 Å². The molecule has 2 aliphatic rings. The second-order valence-electron chi connectivity index (χ2n) is 7.48. The van der Waals surface area contributed by atoms with Gasteiger partial charge < -0.3 is 10.1 Å². The Hall–Kier alpha value is -2.34. The summed E-state index contributed by atoms with van der Waals surface area (Å²) in [5.74, 6) is 1.34. The van der Waals surface area contributed by atoms with Crippen LogP contribution in [-0.4, -0.2) is 33.7 Å². The Bertz CT molecular complexity index is 780. The van der Waals surface area contributed by atoms with E-state index in [1.807, 2.05) is 19.1 Å². The molecule has 0 bridgehead atoms. The van der Waals surface area contributed by atoms with Crippen LogP contribution in [0.5, 0.6) is 5.75 Å². The highest BCUT2D eigenvalue weighted by molar-refractivity contribution is 5.79. The average Bonchev–Trinajstić information content (AvgIpc) is 3.03. The van der Waals surface area contributed by atoms with Crippen molar-refractivity contribution in [1.29, 1.82) is 0 Å². The Balaban J connectivity index is 1.31. The third-order valence-corrected chi connectivity index (χ3v) is 5.49. The monoisotopic (exact) mass is 368 g/mol. The molecule has 4 rings (SSSR count). The molecule has 6 heteroatoms. The molecule has 1 aromatic carbocycles. The van der Waals surface area contributed by atoms with Crippen LogP contribution >= 0.6 is 0 Å². The van der Waals surface area contributed by atoms with E-state index in [0.717, 1.165) is 50.5 Å². The van der Waals surface area contributed by atoms with E-state index in [2.05, 4.69) is 38.2 Å². The molecule has 1 N–H and O–H groups in total. The molecule has 144 valence electrons. The molecule has 1 aliphatic carbocycles. The Morgan fingerprint density at radius 1 is 1.26 bits per heavy atom.